The lowest BCUT2D eigenvalue weighted by Crippen LogP contribution is -2.32. The van der Waals surface area contributed by atoms with Gasteiger partial charge in [0.1, 0.15) is 28.3 Å². The lowest BCUT2D eigenvalue weighted by atomic mass is 10.3. The zero-order valence-electron chi connectivity index (χ0n) is 11.4. The van der Waals surface area contributed by atoms with Gasteiger partial charge in [-0.25, -0.2) is 8.42 Å². The van der Waals surface area contributed by atoms with Gasteiger partial charge in [0.15, 0.2) is 0 Å². The summed E-state index contributed by atoms with van der Waals surface area (Å²) in [5.74, 6) is 0.678. The van der Waals surface area contributed by atoms with Crippen LogP contribution in [0.2, 0.25) is 5.02 Å². The number of aliphatic hydroxyl groups excluding tert-OH is 1. The molecule has 0 saturated carbocycles. The fourth-order valence-corrected chi connectivity index (χ4v) is 2.39. The molecule has 0 bridgehead atoms. The Labute approximate surface area is 124 Å². The zero-order valence-corrected chi connectivity index (χ0v) is 13.0. The number of sulfone groups is 1. The van der Waals surface area contributed by atoms with Crippen molar-refractivity contribution in [2.24, 2.45) is 0 Å². The standard InChI is InChI=1S/C13H20ClNO4S/c1-20(17,18)8-4-7-15-9-11(16)10-19-13-6-3-2-5-12(13)14/h2-3,5-6,11,15-16H,4,7-10H2,1H3. The van der Waals surface area contributed by atoms with Crippen LogP contribution in [0.25, 0.3) is 0 Å². The van der Waals surface area contributed by atoms with Crippen molar-refractivity contribution in [2.75, 3.05) is 31.7 Å². The third kappa shape index (κ3) is 7.69. The van der Waals surface area contributed by atoms with Crippen LogP contribution in [0.3, 0.4) is 0 Å². The smallest absolute Gasteiger partial charge is 0.147 e. The minimum atomic E-state index is -2.92. The molecule has 2 N–H and O–H groups in total. The summed E-state index contributed by atoms with van der Waals surface area (Å²) in [6.45, 7) is 1.01. The summed E-state index contributed by atoms with van der Waals surface area (Å²) in [6.07, 6.45) is 1.06. The van der Waals surface area contributed by atoms with E-state index in [9.17, 15) is 13.5 Å². The highest BCUT2D eigenvalue weighted by Crippen LogP contribution is 2.22. The van der Waals surface area contributed by atoms with Gasteiger partial charge in [-0.05, 0) is 25.1 Å². The second kappa shape index (κ2) is 8.46. The van der Waals surface area contributed by atoms with Crippen molar-refractivity contribution in [3.8, 4) is 5.75 Å². The van der Waals surface area contributed by atoms with Crippen molar-refractivity contribution in [1.29, 1.82) is 0 Å². The SMILES string of the molecule is CS(=O)(=O)CCCNCC(O)COc1ccccc1Cl. The maximum Gasteiger partial charge on any atom is 0.147 e. The molecule has 1 atom stereocenters. The van der Waals surface area contributed by atoms with Crippen molar-refractivity contribution < 1.29 is 18.3 Å². The van der Waals surface area contributed by atoms with E-state index in [1.54, 1.807) is 24.3 Å². The van der Waals surface area contributed by atoms with Gasteiger partial charge in [-0.1, -0.05) is 23.7 Å². The summed E-state index contributed by atoms with van der Waals surface area (Å²) in [4.78, 5) is 0. The highest BCUT2D eigenvalue weighted by Gasteiger charge is 2.07. The third-order valence-corrected chi connectivity index (χ3v) is 3.86. The van der Waals surface area contributed by atoms with E-state index in [2.05, 4.69) is 5.32 Å². The Balaban J connectivity index is 2.15. The van der Waals surface area contributed by atoms with Crippen LogP contribution >= 0.6 is 11.6 Å². The van der Waals surface area contributed by atoms with Gasteiger partial charge >= 0.3 is 0 Å². The molecule has 7 heteroatoms. The fraction of sp³-hybridized carbons (Fsp3) is 0.538. The van der Waals surface area contributed by atoms with Crippen molar-refractivity contribution in [2.45, 2.75) is 12.5 Å². The number of hydrogen-bond donors (Lipinski definition) is 2. The number of ether oxygens (including phenoxy) is 1. The molecule has 1 rings (SSSR count). The molecule has 5 nitrogen and oxygen atoms in total. The average Bonchev–Trinajstić information content (AvgIpc) is 2.36. The van der Waals surface area contributed by atoms with Gasteiger partial charge in [-0.2, -0.15) is 0 Å². The Morgan fingerprint density at radius 3 is 2.75 bits per heavy atom. The number of benzene rings is 1. The average molecular weight is 322 g/mol. The predicted molar refractivity (Wildman–Crippen MR) is 80.2 cm³/mol. The summed E-state index contributed by atoms with van der Waals surface area (Å²) >= 11 is 5.92. The van der Waals surface area contributed by atoms with E-state index >= 15 is 0 Å². The monoisotopic (exact) mass is 321 g/mol. The Hall–Kier alpha value is -0.820. The summed E-state index contributed by atoms with van der Waals surface area (Å²) in [5, 5.41) is 13.2. The highest BCUT2D eigenvalue weighted by molar-refractivity contribution is 7.90. The van der Waals surface area contributed by atoms with Gasteiger partial charge in [-0.3, -0.25) is 0 Å². The van der Waals surface area contributed by atoms with E-state index in [1.165, 1.54) is 6.26 Å². The Bertz CT molecular complexity index is 507. The molecule has 114 valence electrons. The number of rotatable bonds is 9. The molecular formula is C13H20ClNO4S. The molecule has 1 unspecified atom stereocenters. The fourth-order valence-electron chi connectivity index (χ4n) is 1.53. The third-order valence-electron chi connectivity index (χ3n) is 2.52. The lowest BCUT2D eigenvalue weighted by Gasteiger charge is -2.13. The molecular weight excluding hydrogens is 302 g/mol. The van der Waals surface area contributed by atoms with E-state index < -0.39 is 15.9 Å². The first-order valence-electron chi connectivity index (χ1n) is 6.32. The van der Waals surface area contributed by atoms with Crippen LogP contribution in [0.1, 0.15) is 6.42 Å². The zero-order chi connectivity index (χ0) is 15.0. The molecule has 20 heavy (non-hydrogen) atoms. The van der Waals surface area contributed by atoms with Crippen LogP contribution in [-0.2, 0) is 9.84 Å². The summed E-state index contributed by atoms with van der Waals surface area (Å²) in [7, 11) is -2.92. The van der Waals surface area contributed by atoms with E-state index in [-0.39, 0.29) is 12.4 Å². The minimum Gasteiger partial charge on any atom is -0.489 e. The first kappa shape index (κ1) is 17.2. The lowest BCUT2D eigenvalue weighted by molar-refractivity contribution is 0.106. The summed E-state index contributed by atoms with van der Waals surface area (Å²) < 4.78 is 27.2. The molecule has 1 aromatic carbocycles. The van der Waals surface area contributed by atoms with Crippen LogP contribution in [0.5, 0.6) is 5.75 Å². The van der Waals surface area contributed by atoms with Crippen LogP contribution in [-0.4, -0.2) is 51.3 Å². The second-order valence-corrected chi connectivity index (χ2v) is 7.25. The van der Waals surface area contributed by atoms with Crippen molar-refractivity contribution >= 4 is 21.4 Å². The summed E-state index contributed by atoms with van der Waals surface area (Å²) in [5.41, 5.74) is 0. The van der Waals surface area contributed by atoms with Crippen LogP contribution in [0.4, 0.5) is 0 Å². The van der Waals surface area contributed by atoms with Gasteiger partial charge in [-0.15, -0.1) is 0 Å². The van der Waals surface area contributed by atoms with E-state index in [0.717, 1.165) is 0 Å². The van der Waals surface area contributed by atoms with Crippen LogP contribution in [0, 0.1) is 0 Å². The van der Waals surface area contributed by atoms with Crippen LogP contribution in [0.15, 0.2) is 24.3 Å². The normalized spacial score (nSPS) is 13.2. The van der Waals surface area contributed by atoms with Crippen molar-refractivity contribution in [1.82, 2.24) is 5.32 Å². The predicted octanol–water partition coefficient (Wildman–Crippen LogP) is 1.10. The second-order valence-electron chi connectivity index (χ2n) is 4.58. The molecule has 0 aliphatic heterocycles. The molecule has 0 aromatic heterocycles. The topological polar surface area (TPSA) is 75.6 Å². The van der Waals surface area contributed by atoms with Crippen molar-refractivity contribution in [3.05, 3.63) is 29.3 Å². The minimum absolute atomic E-state index is 0.128. The Morgan fingerprint density at radius 2 is 2.10 bits per heavy atom. The highest BCUT2D eigenvalue weighted by atomic mass is 35.5. The van der Waals surface area contributed by atoms with Crippen molar-refractivity contribution in [3.63, 3.8) is 0 Å². The first-order chi connectivity index (χ1) is 9.38. The van der Waals surface area contributed by atoms with E-state index in [1.807, 2.05) is 0 Å². The Kier molecular flexibility index (Phi) is 7.29. The Morgan fingerprint density at radius 1 is 1.40 bits per heavy atom. The molecule has 1 aromatic rings. The van der Waals surface area contributed by atoms with Gasteiger partial charge in [0, 0.05) is 12.8 Å². The number of aliphatic hydroxyl groups is 1. The molecule has 0 fully saturated rings. The van der Waals surface area contributed by atoms with Crippen LogP contribution < -0.4 is 10.1 Å². The number of halogens is 1. The largest absolute Gasteiger partial charge is 0.489 e. The van der Waals surface area contributed by atoms with Gasteiger partial charge < -0.3 is 15.2 Å². The maximum absolute atomic E-state index is 10.9. The molecule has 0 aliphatic carbocycles. The first-order valence-corrected chi connectivity index (χ1v) is 8.76. The van der Waals surface area contributed by atoms with E-state index in [0.29, 0.717) is 30.3 Å². The van der Waals surface area contributed by atoms with E-state index in [4.69, 9.17) is 16.3 Å². The molecule has 0 aliphatic rings. The maximum atomic E-state index is 10.9. The molecule has 0 heterocycles. The van der Waals surface area contributed by atoms with Gasteiger partial charge in [0.25, 0.3) is 0 Å². The molecule has 0 radical (unpaired) electrons. The summed E-state index contributed by atoms with van der Waals surface area (Å²) in [6, 6.07) is 7.05. The number of nitrogens with one attached hydrogen (secondary N) is 1. The molecule has 0 saturated heterocycles. The van der Waals surface area contributed by atoms with Gasteiger partial charge in [0.05, 0.1) is 10.8 Å². The van der Waals surface area contributed by atoms with Gasteiger partial charge in [0.2, 0.25) is 0 Å². The molecule has 0 amide bonds. The number of para-hydroxylation sites is 1. The quantitative estimate of drug-likeness (QED) is 0.666. The number of hydrogen-bond acceptors (Lipinski definition) is 5. The molecule has 0 spiro atoms.